The second-order valence-electron chi connectivity index (χ2n) is 7.73. The van der Waals surface area contributed by atoms with Crippen molar-refractivity contribution in [3.8, 4) is 5.75 Å². The zero-order valence-corrected chi connectivity index (χ0v) is 17.8. The third kappa shape index (κ3) is 5.81. The summed E-state index contributed by atoms with van der Waals surface area (Å²) in [5, 5.41) is 2.74. The summed E-state index contributed by atoms with van der Waals surface area (Å²) in [6, 6.07) is 13.9. The molecule has 2 aromatic carbocycles. The molecule has 0 radical (unpaired) electrons. The molecule has 0 aliphatic heterocycles. The smallest absolute Gasteiger partial charge is 0.242 e. The minimum Gasteiger partial charge on any atom is -0.493 e. The lowest BCUT2D eigenvalue weighted by atomic mass is 9.87. The van der Waals surface area contributed by atoms with Crippen molar-refractivity contribution in [3.05, 3.63) is 54.1 Å². The molecule has 0 aliphatic rings. The summed E-state index contributed by atoms with van der Waals surface area (Å²) in [5.74, 6) is 0.522. The van der Waals surface area contributed by atoms with Crippen molar-refractivity contribution in [2.24, 2.45) is 0 Å². The van der Waals surface area contributed by atoms with Gasteiger partial charge in [-0.1, -0.05) is 32.9 Å². The highest BCUT2D eigenvalue weighted by molar-refractivity contribution is 7.89. The van der Waals surface area contributed by atoms with Crippen molar-refractivity contribution in [1.82, 2.24) is 4.31 Å². The molecule has 0 saturated carbocycles. The van der Waals surface area contributed by atoms with Crippen LogP contribution in [0.25, 0.3) is 0 Å². The first-order valence-electron chi connectivity index (χ1n) is 9.06. The second-order valence-corrected chi connectivity index (χ2v) is 9.88. The molecule has 0 aromatic heterocycles. The van der Waals surface area contributed by atoms with E-state index in [1.54, 1.807) is 12.1 Å². The molecule has 0 aliphatic carbocycles. The predicted molar refractivity (Wildman–Crippen MR) is 111 cm³/mol. The summed E-state index contributed by atoms with van der Waals surface area (Å²) < 4.78 is 30.9. The molecule has 0 atom stereocenters. The molecule has 0 bridgehead atoms. The first-order valence-corrected chi connectivity index (χ1v) is 10.5. The average molecular weight is 405 g/mol. The number of hydrogen-bond acceptors (Lipinski definition) is 4. The van der Waals surface area contributed by atoms with Gasteiger partial charge in [-0.2, -0.15) is 0 Å². The van der Waals surface area contributed by atoms with Crippen LogP contribution in [0.5, 0.6) is 5.75 Å². The van der Waals surface area contributed by atoms with Crippen molar-refractivity contribution in [3.63, 3.8) is 0 Å². The topological polar surface area (TPSA) is 75.7 Å². The zero-order chi connectivity index (χ0) is 20.9. The van der Waals surface area contributed by atoms with E-state index in [2.05, 4.69) is 26.1 Å². The van der Waals surface area contributed by atoms with E-state index in [0.29, 0.717) is 5.69 Å². The fourth-order valence-electron chi connectivity index (χ4n) is 2.46. The minimum atomic E-state index is -3.48. The highest BCUT2D eigenvalue weighted by Crippen LogP contribution is 2.24. The molecule has 0 heterocycles. The standard InChI is InChI=1S/C21H28N2O4S/c1-21(2,3)16-6-10-18(11-7-16)27-15-14-20(24)22-17-8-12-19(13-9-17)28(25,26)23(4)5/h6-13H,14-15H2,1-5H3,(H,22,24). The van der Waals surface area contributed by atoms with Gasteiger partial charge < -0.3 is 10.1 Å². The number of carbonyl (C=O) groups is 1. The van der Waals surface area contributed by atoms with Crippen molar-refractivity contribution in [2.45, 2.75) is 37.5 Å². The zero-order valence-electron chi connectivity index (χ0n) is 17.0. The Balaban J connectivity index is 1.84. The number of nitrogens with one attached hydrogen (secondary N) is 1. The van der Waals surface area contributed by atoms with Gasteiger partial charge in [0, 0.05) is 19.8 Å². The average Bonchev–Trinajstić information content (AvgIpc) is 2.61. The SMILES string of the molecule is CN(C)S(=O)(=O)c1ccc(NC(=O)CCOc2ccc(C(C)(C)C)cc2)cc1. The van der Waals surface area contributed by atoms with Crippen molar-refractivity contribution >= 4 is 21.6 Å². The number of amides is 1. The Hall–Kier alpha value is -2.38. The Kier molecular flexibility index (Phi) is 6.85. The van der Waals surface area contributed by atoms with E-state index < -0.39 is 10.0 Å². The molecule has 0 saturated heterocycles. The van der Waals surface area contributed by atoms with Crippen molar-refractivity contribution in [1.29, 1.82) is 0 Å². The number of anilines is 1. The van der Waals surface area contributed by atoms with Crippen LogP contribution < -0.4 is 10.1 Å². The highest BCUT2D eigenvalue weighted by Gasteiger charge is 2.17. The second kappa shape index (κ2) is 8.75. The number of nitrogens with zero attached hydrogens (tertiary/aromatic N) is 1. The minimum absolute atomic E-state index is 0.0832. The lowest BCUT2D eigenvalue weighted by Gasteiger charge is -2.19. The van der Waals surface area contributed by atoms with Gasteiger partial charge in [-0.05, 0) is 47.4 Å². The Morgan fingerprint density at radius 3 is 2.07 bits per heavy atom. The molecule has 2 aromatic rings. The van der Waals surface area contributed by atoms with Crippen LogP contribution in [0.2, 0.25) is 0 Å². The molecule has 2 rings (SSSR count). The van der Waals surface area contributed by atoms with Crippen LogP contribution in [0.1, 0.15) is 32.8 Å². The van der Waals surface area contributed by atoms with E-state index in [4.69, 9.17) is 4.74 Å². The fraction of sp³-hybridized carbons (Fsp3) is 0.381. The van der Waals surface area contributed by atoms with Crippen molar-refractivity contribution in [2.75, 3.05) is 26.0 Å². The molecule has 0 unspecified atom stereocenters. The number of carbonyl (C=O) groups excluding carboxylic acids is 1. The first kappa shape index (κ1) is 21.9. The Bertz CT molecular complexity index is 897. The van der Waals surface area contributed by atoms with Crippen LogP contribution >= 0.6 is 0 Å². The molecule has 1 N–H and O–H groups in total. The van der Waals surface area contributed by atoms with Crippen LogP contribution in [0.15, 0.2) is 53.4 Å². The summed E-state index contributed by atoms with van der Waals surface area (Å²) in [7, 11) is -0.531. The molecule has 7 heteroatoms. The molecular formula is C21H28N2O4S. The quantitative estimate of drug-likeness (QED) is 0.764. The highest BCUT2D eigenvalue weighted by atomic mass is 32.2. The Morgan fingerprint density at radius 2 is 1.57 bits per heavy atom. The third-order valence-electron chi connectivity index (χ3n) is 4.23. The largest absolute Gasteiger partial charge is 0.493 e. The molecule has 0 spiro atoms. The number of ether oxygens (including phenoxy) is 1. The first-order chi connectivity index (χ1) is 13.0. The van der Waals surface area contributed by atoms with E-state index in [1.165, 1.54) is 31.8 Å². The summed E-state index contributed by atoms with van der Waals surface area (Å²) in [6.45, 7) is 6.70. The van der Waals surface area contributed by atoms with Crippen LogP contribution in [-0.4, -0.2) is 39.3 Å². The number of rotatable bonds is 7. The summed E-state index contributed by atoms with van der Waals surface area (Å²) in [5.41, 5.74) is 1.84. The third-order valence-corrected chi connectivity index (χ3v) is 6.06. The van der Waals surface area contributed by atoms with Crippen LogP contribution in [0, 0.1) is 0 Å². The van der Waals surface area contributed by atoms with Crippen molar-refractivity contribution < 1.29 is 17.9 Å². The molecule has 0 fully saturated rings. The molecule has 1 amide bonds. The maximum atomic E-state index is 12.1. The predicted octanol–water partition coefficient (Wildman–Crippen LogP) is 3.64. The lowest BCUT2D eigenvalue weighted by molar-refractivity contribution is -0.116. The van der Waals surface area contributed by atoms with E-state index in [0.717, 1.165) is 10.1 Å². The molecule has 28 heavy (non-hydrogen) atoms. The van der Waals surface area contributed by atoms with E-state index in [9.17, 15) is 13.2 Å². The van der Waals surface area contributed by atoms with Gasteiger partial charge in [0.1, 0.15) is 5.75 Å². The van der Waals surface area contributed by atoms with Gasteiger partial charge in [-0.15, -0.1) is 0 Å². The Labute approximate surface area is 167 Å². The van der Waals surface area contributed by atoms with E-state index >= 15 is 0 Å². The van der Waals surface area contributed by atoms with Gasteiger partial charge in [0.2, 0.25) is 15.9 Å². The normalized spacial score (nSPS) is 12.1. The van der Waals surface area contributed by atoms with Crippen LogP contribution in [0.4, 0.5) is 5.69 Å². The fourth-order valence-corrected chi connectivity index (χ4v) is 3.36. The van der Waals surface area contributed by atoms with Gasteiger partial charge >= 0.3 is 0 Å². The van der Waals surface area contributed by atoms with Gasteiger partial charge in [0.25, 0.3) is 0 Å². The monoisotopic (exact) mass is 404 g/mol. The number of sulfonamides is 1. The van der Waals surface area contributed by atoms with E-state index in [-0.39, 0.29) is 29.2 Å². The summed E-state index contributed by atoms with van der Waals surface area (Å²) in [6.07, 6.45) is 0.193. The number of benzene rings is 2. The maximum Gasteiger partial charge on any atom is 0.242 e. The molecule has 6 nitrogen and oxygen atoms in total. The van der Waals surface area contributed by atoms with Gasteiger partial charge in [0.05, 0.1) is 17.9 Å². The summed E-state index contributed by atoms with van der Waals surface area (Å²) >= 11 is 0. The lowest BCUT2D eigenvalue weighted by Crippen LogP contribution is -2.22. The molecular weight excluding hydrogens is 376 g/mol. The van der Waals surface area contributed by atoms with Crippen LogP contribution in [-0.2, 0) is 20.2 Å². The van der Waals surface area contributed by atoms with Gasteiger partial charge in [0.15, 0.2) is 0 Å². The molecule has 152 valence electrons. The van der Waals surface area contributed by atoms with E-state index in [1.807, 2.05) is 24.3 Å². The Morgan fingerprint density at radius 1 is 1.00 bits per heavy atom. The maximum absolute atomic E-state index is 12.1. The summed E-state index contributed by atoms with van der Waals surface area (Å²) in [4.78, 5) is 12.2. The van der Waals surface area contributed by atoms with Crippen LogP contribution in [0.3, 0.4) is 0 Å². The number of hydrogen-bond donors (Lipinski definition) is 1. The van der Waals surface area contributed by atoms with Gasteiger partial charge in [-0.25, -0.2) is 12.7 Å². The van der Waals surface area contributed by atoms with Gasteiger partial charge in [-0.3, -0.25) is 4.79 Å².